The lowest BCUT2D eigenvalue weighted by atomic mass is 10.1. The van der Waals surface area contributed by atoms with Gasteiger partial charge in [-0.15, -0.1) is 0 Å². The number of nitrogens with zero attached hydrogens (tertiary/aromatic N) is 3. The normalized spacial score (nSPS) is 10.9. The third-order valence-electron chi connectivity index (χ3n) is 4.42. The lowest BCUT2D eigenvalue weighted by Gasteiger charge is -2.11. The smallest absolute Gasteiger partial charge is 0.422 e. The lowest BCUT2D eigenvalue weighted by Crippen LogP contribution is -2.33. The van der Waals surface area contributed by atoms with Crippen LogP contribution in [-0.4, -0.2) is 14.5 Å². The number of rotatable bonds is 5. The van der Waals surface area contributed by atoms with Gasteiger partial charge in [0.2, 0.25) is 0 Å². The first-order chi connectivity index (χ1) is 13.6. The molecule has 0 amide bonds. The number of pyridine rings is 2. The van der Waals surface area contributed by atoms with Gasteiger partial charge in [-0.1, -0.05) is 12.1 Å². The minimum absolute atomic E-state index is 0.100. The van der Waals surface area contributed by atoms with Crippen molar-refractivity contribution >= 4 is 11.0 Å². The van der Waals surface area contributed by atoms with Crippen LogP contribution in [-0.2, 0) is 13.2 Å². The van der Waals surface area contributed by atoms with Gasteiger partial charge in [0.15, 0.2) is 5.58 Å². The average molecular weight is 375 g/mol. The largest absolute Gasteiger partial charge is 0.488 e. The Morgan fingerprint density at radius 1 is 1.00 bits per heavy atom. The summed E-state index contributed by atoms with van der Waals surface area (Å²) in [5.41, 5.74) is 2.09. The minimum atomic E-state index is -0.714. The summed E-state index contributed by atoms with van der Waals surface area (Å²) >= 11 is 0. The Bertz CT molecular complexity index is 1230. The zero-order valence-corrected chi connectivity index (χ0v) is 15.2. The SMILES string of the molecule is Cc1c(OCc2cccnc2)ccc2c(=O)n(Cc3cccnc3)c(=O)oc12. The predicted octanol–water partition coefficient (Wildman–Crippen LogP) is 2.68. The van der Waals surface area contributed by atoms with E-state index in [1.165, 1.54) is 0 Å². The maximum Gasteiger partial charge on any atom is 0.422 e. The highest BCUT2D eigenvalue weighted by Crippen LogP contribution is 2.25. The predicted molar refractivity (Wildman–Crippen MR) is 103 cm³/mol. The highest BCUT2D eigenvalue weighted by Gasteiger charge is 2.15. The standard InChI is InChI=1S/C21H17N3O4/c1-14-18(27-13-16-5-3-9-23-11-16)7-6-17-19(14)28-21(26)24(20(17)25)12-15-4-2-8-22-10-15/h2-11H,12-13H2,1H3. The molecule has 7 nitrogen and oxygen atoms in total. The molecule has 1 aromatic carbocycles. The van der Waals surface area contributed by atoms with E-state index in [4.69, 9.17) is 9.15 Å². The van der Waals surface area contributed by atoms with Crippen molar-refractivity contribution in [2.75, 3.05) is 0 Å². The summed E-state index contributed by atoms with van der Waals surface area (Å²) in [4.78, 5) is 33.3. The molecule has 0 radical (unpaired) electrons. The topological polar surface area (TPSA) is 87.2 Å². The van der Waals surface area contributed by atoms with Crippen LogP contribution in [0.15, 0.2) is 75.2 Å². The number of aryl methyl sites for hydroxylation is 1. The number of ether oxygens (including phenoxy) is 1. The van der Waals surface area contributed by atoms with Crippen LogP contribution in [0.3, 0.4) is 0 Å². The van der Waals surface area contributed by atoms with Crippen molar-refractivity contribution in [2.45, 2.75) is 20.1 Å². The molecule has 0 fully saturated rings. The van der Waals surface area contributed by atoms with Crippen LogP contribution in [0.1, 0.15) is 16.7 Å². The Labute approximate surface area is 159 Å². The quantitative estimate of drug-likeness (QED) is 0.533. The third kappa shape index (κ3) is 3.42. The van der Waals surface area contributed by atoms with Gasteiger partial charge in [-0.3, -0.25) is 14.8 Å². The second kappa shape index (κ2) is 7.48. The van der Waals surface area contributed by atoms with E-state index in [-0.39, 0.29) is 12.1 Å². The fraction of sp³-hybridized carbons (Fsp3) is 0.143. The maximum absolute atomic E-state index is 12.8. The molecule has 3 aromatic heterocycles. The van der Waals surface area contributed by atoms with Gasteiger partial charge in [0.25, 0.3) is 5.56 Å². The summed E-state index contributed by atoms with van der Waals surface area (Å²) in [6, 6.07) is 10.6. The van der Waals surface area contributed by atoms with Crippen LogP contribution in [0.2, 0.25) is 0 Å². The molecule has 0 aliphatic rings. The van der Waals surface area contributed by atoms with Crippen LogP contribution < -0.4 is 16.1 Å². The first-order valence-corrected chi connectivity index (χ1v) is 8.71. The third-order valence-corrected chi connectivity index (χ3v) is 4.42. The summed E-state index contributed by atoms with van der Waals surface area (Å²) in [5, 5.41) is 0.328. The number of hydrogen-bond acceptors (Lipinski definition) is 6. The summed E-state index contributed by atoms with van der Waals surface area (Å²) in [6.07, 6.45) is 6.64. The average Bonchev–Trinajstić information content (AvgIpc) is 2.73. The molecule has 0 aliphatic carbocycles. The summed E-state index contributed by atoms with van der Waals surface area (Å²) in [5.74, 6) is -0.169. The zero-order chi connectivity index (χ0) is 19.5. The van der Waals surface area contributed by atoms with E-state index < -0.39 is 11.3 Å². The van der Waals surface area contributed by atoms with Crippen molar-refractivity contribution in [3.05, 3.63) is 98.8 Å². The molecule has 0 spiro atoms. The number of fused-ring (bicyclic) bond motifs is 1. The fourth-order valence-corrected chi connectivity index (χ4v) is 2.96. The van der Waals surface area contributed by atoms with Crippen molar-refractivity contribution < 1.29 is 9.15 Å². The summed E-state index contributed by atoms with van der Waals surface area (Å²) in [7, 11) is 0. The molecule has 4 aromatic rings. The monoisotopic (exact) mass is 375 g/mol. The van der Waals surface area contributed by atoms with Crippen LogP contribution >= 0.6 is 0 Å². The number of aromatic nitrogens is 3. The van der Waals surface area contributed by atoms with Gasteiger partial charge in [0.05, 0.1) is 11.9 Å². The van der Waals surface area contributed by atoms with E-state index in [2.05, 4.69) is 9.97 Å². The molecule has 0 aliphatic heterocycles. The molecule has 28 heavy (non-hydrogen) atoms. The molecule has 0 saturated carbocycles. The molecule has 7 heteroatoms. The van der Waals surface area contributed by atoms with E-state index in [9.17, 15) is 9.59 Å². The van der Waals surface area contributed by atoms with Gasteiger partial charge in [0, 0.05) is 35.9 Å². The van der Waals surface area contributed by atoms with E-state index in [1.807, 2.05) is 12.1 Å². The Hall–Kier alpha value is -3.74. The molecule has 140 valence electrons. The Morgan fingerprint density at radius 2 is 1.71 bits per heavy atom. The maximum atomic E-state index is 12.8. The van der Waals surface area contributed by atoms with E-state index in [1.54, 1.807) is 56.0 Å². The van der Waals surface area contributed by atoms with Crippen molar-refractivity contribution in [3.8, 4) is 5.75 Å². The van der Waals surface area contributed by atoms with Gasteiger partial charge >= 0.3 is 5.76 Å². The van der Waals surface area contributed by atoms with Crippen LogP contribution in [0.5, 0.6) is 5.75 Å². The summed E-state index contributed by atoms with van der Waals surface area (Å²) < 4.78 is 12.3. The van der Waals surface area contributed by atoms with Crippen molar-refractivity contribution in [1.29, 1.82) is 0 Å². The van der Waals surface area contributed by atoms with E-state index in [0.717, 1.165) is 15.7 Å². The van der Waals surface area contributed by atoms with Crippen molar-refractivity contribution in [3.63, 3.8) is 0 Å². The Morgan fingerprint density at radius 3 is 2.39 bits per heavy atom. The van der Waals surface area contributed by atoms with Gasteiger partial charge in [-0.05, 0) is 36.8 Å². The van der Waals surface area contributed by atoms with Gasteiger partial charge in [-0.25, -0.2) is 9.36 Å². The molecular weight excluding hydrogens is 358 g/mol. The summed E-state index contributed by atoms with van der Waals surface area (Å²) in [6.45, 7) is 2.18. The highest BCUT2D eigenvalue weighted by molar-refractivity contribution is 5.81. The Balaban J connectivity index is 1.70. The first-order valence-electron chi connectivity index (χ1n) is 8.71. The minimum Gasteiger partial charge on any atom is -0.488 e. The van der Waals surface area contributed by atoms with Crippen LogP contribution in [0, 0.1) is 6.92 Å². The van der Waals surface area contributed by atoms with E-state index in [0.29, 0.717) is 23.3 Å². The van der Waals surface area contributed by atoms with Crippen molar-refractivity contribution in [1.82, 2.24) is 14.5 Å². The highest BCUT2D eigenvalue weighted by atomic mass is 16.5. The molecular formula is C21H17N3O4. The molecule has 0 bridgehead atoms. The van der Waals surface area contributed by atoms with Crippen LogP contribution in [0.25, 0.3) is 11.0 Å². The van der Waals surface area contributed by atoms with Crippen LogP contribution in [0.4, 0.5) is 0 Å². The molecule has 0 atom stereocenters. The number of hydrogen-bond donors (Lipinski definition) is 0. The molecule has 4 rings (SSSR count). The lowest BCUT2D eigenvalue weighted by molar-refractivity contribution is 0.303. The Kier molecular flexibility index (Phi) is 4.72. The fourth-order valence-electron chi connectivity index (χ4n) is 2.96. The molecule has 0 unspecified atom stereocenters. The number of benzene rings is 1. The van der Waals surface area contributed by atoms with Crippen molar-refractivity contribution in [2.24, 2.45) is 0 Å². The van der Waals surface area contributed by atoms with Gasteiger partial charge in [0.1, 0.15) is 12.4 Å². The molecule has 0 saturated heterocycles. The first kappa shape index (κ1) is 17.7. The van der Waals surface area contributed by atoms with E-state index >= 15 is 0 Å². The molecule has 0 N–H and O–H groups in total. The van der Waals surface area contributed by atoms with Gasteiger partial charge < -0.3 is 9.15 Å². The second-order valence-electron chi connectivity index (χ2n) is 6.34. The zero-order valence-electron chi connectivity index (χ0n) is 15.2. The molecule has 3 heterocycles. The second-order valence-corrected chi connectivity index (χ2v) is 6.34. The van der Waals surface area contributed by atoms with Gasteiger partial charge in [-0.2, -0.15) is 0 Å².